The summed E-state index contributed by atoms with van der Waals surface area (Å²) in [6, 6.07) is 6.00. The Balaban J connectivity index is 1.93. The van der Waals surface area contributed by atoms with E-state index in [2.05, 4.69) is 12.2 Å². The van der Waals surface area contributed by atoms with Gasteiger partial charge in [-0.1, -0.05) is 35.7 Å². The average molecular weight is 258 g/mol. The van der Waals surface area contributed by atoms with Crippen molar-refractivity contribution in [2.24, 2.45) is 5.92 Å². The Bertz CT molecular complexity index is 361. The Morgan fingerprint density at radius 3 is 2.69 bits per heavy atom. The maximum absolute atomic E-state index is 6.16. The number of hydrogen-bond acceptors (Lipinski definition) is 1. The molecule has 1 atom stereocenters. The van der Waals surface area contributed by atoms with Gasteiger partial charge in [0.25, 0.3) is 0 Å². The molecule has 0 heterocycles. The van der Waals surface area contributed by atoms with E-state index in [1.165, 1.54) is 19.3 Å². The molecule has 1 aliphatic rings. The van der Waals surface area contributed by atoms with E-state index >= 15 is 0 Å². The Kier molecular flexibility index (Phi) is 4.12. The normalized spacial score (nSPS) is 18.2. The summed E-state index contributed by atoms with van der Waals surface area (Å²) >= 11 is 12.0. The minimum Gasteiger partial charge on any atom is -0.310 e. The van der Waals surface area contributed by atoms with E-state index < -0.39 is 0 Å². The molecule has 0 aliphatic heterocycles. The zero-order chi connectivity index (χ0) is 11.5. The Morgan fingerprint density at radius 1 is 1.38 bits per heavy atom. The Hall–Kier alpha value is -0.240. The second-order valence-corrected chi connectivity index (χ2v) is 5.44. The predicted molar refractivity (Wildman–Crippen MR) is 70.2 cm³/mol. The van der Waals surface area contributed by atoms with Crippen molar-refractivity contribution in [3.8, 4) is 0 Å². The molecule has 0 bridgehead atoms. The molecule has 0 amide bonds. The van der Waals surface area contributed by atoms with E-state index in [4.69, 9.17) is 23.2 Å². The molecule has 16 heavy (non-hydrogen) atoms. The third-order valence-corrected chi connectivity index (χ3v) is 3.93. The molecule has 0 spiro atoms. The van der Waals surface area contributed by atoms with Gasteiger partial charge in [0.2, 0.25) is 0 Å². The van der Waals surface area contributed by atoms with Crippen LogP contribution in [0.2, 0.25) is 10.0 Å². The SMILES string of the molecule is CC(NCC1CCC1)c1ccc(Cl)cc1Cl. The first-order valence-electron chi connectivity index (χ1n) is 5.85. The van der Waals surface area contributed by atoms with E-state index in [1.54, 1.807) is 6.07 Å². The summed E-state index contributed by atoms with van der Waals surface area (Å²) < 4.78 is 0. The molecular formula is C13H17Cl2N. The van der Waals surface area contributed by atoms with E-state index in [9.17, 15) is 0 Å². The van der Waals surface area contributed by atoms with Crippen molar-refractivity contribution in [1.82, 2.24) is 5.32 Å². The van der Waals surface area contributed by atoms with Crippen LogP contribution in [0.1, 0.15) is 37.8 Å². The summed E-state index contributed by atoms with van der Waals surface area (Å²) in [5, 5.41) is 4.98. The van der Waals surface area contributed by atoms with Crippen LogP contribution in [0.15, 0.2) is 18.2 Å². The third-order valence-electron chi connectivity index (χ3n) is 3.37. The van der Waals surface area contributed by atoms with Crippen molar-refractivity contribution in [3.05, 3.63) is 33.8 Å². The third kappa shape index (κ3) is 2.91. The molecule has 2 rings (SSSR count). The summed E-state index contributed by atoms with van der Waals surface area (Å²) in [6.07, 6.45) is 4.13. The molecule has 1 unspecified atom stereocenters. The highest BCUT2D eigenvalue weighted by atomic mass is 35.5. The summed E-state index contributed by atoms with van der Waals surface area (Å²) in [4.78, 5) is 0. The lowest BCUT2D eigenvalue weighted by molar-refractivity contribution is 0.292. The molecule has 1 saturated carbocycles. The van der Waals surface area contributed by atoms with Gasteiger partial charge in [0.1, 0.15) is 0 Å². The molecule has 1 aromatic rings. The molecule has 88 valence electrons. The van der Waals surface area contributed by atoms with Crippen molar-refractivity contribution >= 4 is 23.2 Å². The first kappa shape index (κ1) is 12.2. The fourth-order valence-corrected chi connectivity index (χ4v) is 2.58. The zero-order valence-corrected chi connectivity index (χ0v) is 11.0. The minimum absolute atomic E-state index is 0.297. The second kappa shape index (κ2) is 5.39. The van der Waals surface area contributed by atoms with Gasteiger partial charge in [-0.25, -0.2) is 0 Å². The lowest BCUT2D eigenvalue weighted by Gasteiger charge is -2.27. The fraction of sp³-hybridized carbons (Fsp3) is 0.538. The van der Waals surface area contributed by atoms with Crippen LogP contribution in [0.5, 0.6) is 0 Å². The molecule has 1 nitrogen and oxygen atoms in total. The summed E-state index contributed by atoms with van der Waals surface area (Å²) in [6.45, 7) is 3.24. The van der Waals surface area contributed by atoms with Gasteiger partial charge in [0, 0.05) is 16.1 Å². The average Bonchev–Trinajstić information content (AvgIpc) is 2.14. The van der Waals surface area contributed by atoms with Crippen LogP contribution in [0.4, 0.5) is 0 Å². The van der Waals surface area contributed by atoms with E-state index in [0.29, 0.717) is 11.1 Å². The number of halogens is 2. The van der Waals surface area contributed by atoms with Gasteiger partial charge in [-0.2, -0.15) is 0 Å². The topological polar surface area (TPSA) is 12.0 Å². The maximum atomic E-state index is 6.16. The summed E-state index contributed by atoms with van der Waals surface area (Å²) in [5.41, 5.74) is 1.13. The van der Waals surface area contributed by atoms with Crippen LogP contribution in [0.25, 0.3) is 0 Å². The van der Waals surface area contributed by atoms with Gasteiger partial charge < -0.3 is 5.32 Å². The van der Waals surface area contributed by atoms with Gasteiger partial charge in [-0.05, 0) is 49.9 Å². The van der Waals surface area contributed by atoms with E-state index in [1.807, 2.05) is 12.1 Å². The molecule has 1 fully saturated rings. The molecule has 0 radical (unpaired) electrons. The lowest BCUT2D eigenvalue weighted by atomic mass is 9.85. The highest BCUT2D eigenvalue weighted by Crippen LogP contribution is 2.28. The van der Waals surface area contributed by atoms with Crippen LogP contribution >= 0.6 is 23.2 Å². The smallest absolute Gasteiger partial charge is 0.0468 e. The van der Waals surface area contributed by atoms with Gasteiger partial charge in [-0.3, -0.25) is 0 Å². The van der Waals surface area contributed by atoms with Crippen molar-refractivity contribution in [2.45, 2.75) is 32.2 Å². The monoisotopic (exact) mass is 257 g/mol. The van der Waals surface area contributed by atoms with Crippen molar-refractivity contribution < 1.29 is 0 Å². The molecule has 1 N–H and O–H groups in total. The lowest BCUT2D eigenvalue weighted by Crippen LogP contribution is -2.29. The molecular weight excluding hydrogens is 241 g/mol. The first-order chi connectivity index (χ1) is 7.66. The summed E-state index contributed by atoms with van der Waals surface area (Å²) in [5.74, 6) is 0.869. The highest BCUT2D eigenvalue weighted by Gasteiger charge is 2.18. The number of rotatable bonds is 4. The molecule has 3 heteroatoms. The van der Waals surface area contributed by atoms with Crippen LogP contribution in [0.3, 0.4) is 0 Å². The number of hydrogen-bond donors (Lipinski definition) is 1. The summed E-state index contributed by atoms with van der Waals surface area (Å²) in [7, 11) is 0. The maximum Gasteiger partial charge on any atom is 0.0468 e. The second-order valence-electron chi connectivity index (χ2n) is 4.59. The van der Waals surface area contributed by atoms with Crippen molar-refractivity contribution in [3.63, 3.8) is 0 Å². The Labute approximate surface area is 107 Å². The van der Waals surface area contributed by atoms with Crippen LogP contribution in [-0.2, 0) is 0 Å². The fourth-order valence-electron chi connectivity index (χ4n) is 2.00. The molecule has 0 saturated heterocycles. The van der Waals surface area contributed by atoms with Crippen LogP contribution < -0.4 is 5.32 Å². The van der Waals surface area contributed by atoms with Crippen LogP contribution in [-0.4, -0.2) is 6.54 Å². The Morgan fingerprint density at radius 2 is 2.12 bits per heavy atom. The molecule has 1 aromatic carbocycles. The number of benzene rings is 1. The highest BCUT2D eigenvalue weighted by molar-refractivity contribution is 6.35. The standard InChI is InChI=1S/C13H17Cl2N/c1-9(16-8-10-3-2-4-10)12-6-5-11(14)7-13(12)15/h5-7,9-10,16H,2-4,8H2,1H3. The first-order valence-corrected chi connectivity index (χ1v) is 6.60. The zero-order valence-electron chi connectivity index (χ0n) is 9.47. The minimum atomic E-state index is 0.297. The van der Waals surface area contributed by atoms with E-state index in [-0.39, 0.29) is 0 Å². The molecule has 0 aromatic heterocycles. The van der Waals surface area contributed by atoms with Gasteiger partial charge in [0.05, 0.1) is 0 Å². The van der Waals surface area contributed by atoms with Gasteiger partial charge in [-0.15, -0.1) is 0 Å². The predicted octanol–water partition coefficient (Wildman–Crippen LogP) is 4.44. The number of nitrogens with one attached hydrogen (secondary N) is 1. The quantitative estimate of drug-likeness (QED) is 0.841. The van der Waals surface area contributed by atoms with Gasteiger partial charge in [0.15, 0.2) is 0 Å². The van der Waals surface area contributed by atoms with Crippen LogP contribution in [0, 0.1) is 5.92 Å². The molecule has 1 aliphatic carbocycles. The largest absolute Gasteiger partial charge is 0.310 e. The van der Waals surface area contributed by atoms with Gasteiger partial charge >= 0.3 is 0 Å². The van der Waals surface area contributed by atoms with Crippen molar-refractivity contribution in [2.75, 3.05) is 6.54 Å². The van der Waals surface area contributed by atoms with E-state index in [0.717, 1.165) is 23.0 Å². The van der Waals surface area contributed by atoms with Crippen molar-refractivity contribution in [1.29, 1.82) is 0 Å².